The van der Waals surface area contributed by atoms with Gasteiger partial charge in [0, 0.05) is 11.2 Å². The minimum absolute atomic E-state index is 0.132. The van der Waals surface area contributed by atoms with E-state index >= 15 is 0 Å². The fraction of sp³-hybridized carbons (Fsp3) is 0.0769. The molecule has 0 aliphatic rings. The Morgan fingerprint density at radius 2 is 1.94 bits per heavy atom. The Bertz CT molecular complexity index is 540. The average Bonchev–Trinajstić information content (AvgIpc) is 2.38. The van der Waals surface area contributed by atoms with Crippen LogP contribution in [0.2, 0.25) is 5.02 Å². The summed E-state index contributed by atoms with van der Waals surface area (Å²) in [5.41, 5.74) is 1.04. The van der Waals surface area contributed by atoms with Crippen LogP contribution < -0.4 is 0 Å². The number of esters is 1. The molecule has 1 heterocycles. The third-order valence-corrected chi connectivity index (χ3v) is 2.50. The predicted molar refractivity (Wildman–Crippen MR) is 64.8 cm³/mol. The summed E-state index contributed by atoms with van der Waals surface area (Å²) in [5, 5.41) is 0.618. The molecule has 3 nitrogen and oxygen atoms in total. The SMILES string of the molecule is O=C(OCc1ccc(Cl)cc1)c1ccc(F)nc1. The summed E-state index contributed by atoms with van der Waals surface area (Å²) < 4.78 is 17.6. The minimum atomic E-state index is -0.635. The van der Waals surface area contributed by atoms with Gasteiger partial charge in [0.05, 0.1) is 5.56 Å². The highest BCUT2D eigenvalue weighted by molar-refractivity contribution is 6.30. The number of hydrogen-bond acceptors (Lipinski definition) is 3. The molecule has 0 saturated heterocycles. The molecule has 0 fully saturated rings. The first kappa shape index (κ1) is 12.5. The Morgan fingerprint density at radius 3 is 2.56 bits per heavy atom. The topological polar surface area (TPSA) is 39.2 Å². The maximum absolute atomic E-state index is 12.6. The Balaban J connectivity index is 1.96. The summed E-state index contributed by atoms with van der Waals surface area (Å²) >= 11 is 5.73. The second-order valence-corrected chi connectivity index (χ2v) is 4.01. The van der Waals surface area contributed by atoms with Crippen molar-refractivity contribution < 1.29 is 13.9 Å². The van der Waals surface area contributed by atoms with Crippen LogP contribution in [-0.4, -0.2) is 11.0 Å². The number of carbonyl (C=O) groups excluding carboxylic acids is 1. The number of ether oxygens (including phenoxy) is 1. The maximum atomic E-state index is 12.6. The maximum Gasteiger partial charge on any atom is 0.340 e. The molecule has 18 heavy (non-hydrogen) atoms. The van der Waals surface area contributed by atoms with Crippen molar-refractivity contribution in [2.75, 3.05) is 0 Å². The fourth-order valence-corrected chi connectivity index (χ4v) is 1.44. The van der Waals surface area contributed by atoms with E-state index < -0.39 is 11.9 Å². The minimum Gasteiger partial charge on any atom is -0.457 e. The molecule has 92 valence electrons. The van der Waals surface area contributed by atoms with Crippen molar-refractivity contribution in [3.8, 4) is 0 Å². The summed E-state index contributed by atoms with van der Waals surface area (Å²) in [6.45, 7) is 0.132. The number of aromatic nitrogens is 1. The number of rotatable bonds is 3. The monoisotopic (exact) mass is 265 g/mol. The van der Waals surface area contributed by atoms with Gasteiger partial charge in [-0.2, -0.15) is 4.39 Å². The molecule has 0 unspecified atom stereocenters. The van der Waals surface area contributed by atoms with E-state index in [1.165, 1.54) is 6.07 Å². The number of nitrogens with zero attached hydrogens (tertiary/aromatic N) is 1. The van der Waals surface area contributed by atoms with E-state index in [1.807, 2.05) is 0 Å². The van der Waals surface area contributed by atoms with E-state index in [-0.39, 0.29) is 12.2 Å². The second kappa shape index (κ2) is 5.60. The van der Waals surface area contributed by atoms with Gasteiger partial charge in [0.2, 0.25) is 5.95 Å². The highest BCUT2D eigenvalue weighted by Crippen LogP contribution is 2.11. The molecule has 0 aliphatic carbocycles. The lowest BCUT2D eigenvalue weighted by atomic mass is 10.2. The fourth-order valence-electron chi connectivity index (χ4n) is 1.31. The van der Waals surface area contributed by atoms with Crippen molar-refractivity contribution in [1.29, 1.82) is 0 Å². The number of halogens is 2. The lowest BCUT2D eigenvalue weighted by Gasteiger charge is -2.04. The Hall–Kier alpha value is -1.94. The molecule has 0 N–H and O–H groups in total. The van der Waals surface area contributed by atoms with Crippen LogP contribution in [0, 0.1) is 5.95 Å². The van der Waals surface area contributed by atoms with Crippen molar-refractivity contribution in [1.82, 2.24) is 4.98 Å². The van der Waals surface area contributed by atoms with E-state index in [1.54, 1.807) is 24.3 Å². The Labute approximate surface area is 108 Å². The van der Waals surface area contributed by atoms with E-state index in [9.17, 15) is 9.18 Å². The van der Waals surface area contributed by atoms with Crippen LogP contribution in [0.3, 0.4) is 0 Å². The zero-order valence-corrected chi connectivity index (χ0v) is 10.0. The molecule has 2 aromatic rings. The molecular formula is C13H9ClFNO2. The average molecular weight is 266 g/mol. The van der Waals surface area contributed by atoms with Gasteiger partial charge in [-0.05, 0) is 29.8 Å². The van der Waals surface area contributed by atoms with Gasteiger partial charge >= 0.3 is 5.97 Å². The molecule has 1 aromatic carbocycles. The van der Waals surface area contributed by atoms with Crippen LogP contribution in [0.25, 0.3) is 0 Å². The van der Waals surface area contributed by atoms with Gasteiger partial charge in [-0.15, -0.1) is 0 Å². The smallest absolute Gasteiger partial charge is 0.340 e. The van der Waals surface area contributed by atoms with Crippen molar-refractivity contribution in [2.45, 2.75) is 6.61 Å². The van der Waals surface area contributed by atoms with Crippen LogP contribution in [0.4, 0.5) is 4.39 Å². The van der Waals surface area contributed by atoms with Gasteiger partial charge in [-0.1, -0.05) is 23.7 Å². The molecule has 0 amide bonds. The van der Waals surface area contributed by atoms with Crippen LogP contribution in [0.5, 0.6) is 0 Å². The summed E-state index contributed by atoms with van der Waals surface area (Å²) in [6, 6.07) is 9.39. The van der Waals surface area contributed by atoms with Crippen molar-refractivity contribution in [2.24, 2.45) is 0 Å². The molecule has 0 bridgehead atoms. The van der Waals surface area contributed by atoms with Crippen molar-refractivity contribution in [3.63, 3.8) is 0 Å². The second-order valence-electron chi connectivity index (χ2n) is 3.57. The molecule has 0 saturated carbocycles. The van der Waals surface area contributed by atoms with Crippen LogP contribution in [0.1, 0.15) is 15.9 Å². The summed E-state index contributed by atoms with van der Waals surface area (Å²) in [5.74, 6) is -1.18. The first-order valence-electron chi connectivity index (χ1n) is 5.18. The van der Waals surface area contributed by atoms with Gasteiger partial charge in [0.25, 0.3) is 0 Å². The quantitative estimate of drug-likeness (QED) is 0.632. The third kappa shape index (κ3) is 3.28. The highest BCUT2D eigenvalue weighted by atomic mass is 35.5. The predicted octanol–water partition coefficient (Wildman–Crippen LogP) is 3.23. The Kier molecular flexibility index (Phi) is 3.89. The van der Waals surface area contributed by atoms with Gasteiger partial charge in [-0.3, -0.25) is 0 Å². The first-order chi connectivity index (χ1) is 8.65. The standard InChI is InChI=1S/C13H9ClFNO2/c14-11-4-1-9(2-5-11)8-18-13(17)10-3-6-12(15)16-7-10/h1-7H,8H2. The number of hydrogen-bond donors (Lipinski definition) is 0. The lowest BCUT2D eigenvalue weighted by molar-refractivity contribution is 0.0472. The zero-order chi connectivity index (χ0) is 13.0. The van der Waals surface area contributed by atoms with Gasteiger partial charge in [0.15, 0.2) is 0 Å². The normalized spacial score (nSPS) is 10.1. The van der Waals surface area contributed by atoms with E-state index in [0.717, 1.165) is 17.8 Å². The van der Waals surface area contributed by atoms with Crippen LogP contribution in [-0.2, 0) is 11.3 Å². The Morgan fingerprint density at radius 1 is 1.22 bits per heavy atom. The molecule has 5 heteroatoms. The number of benzene rings is 1. The molecule has 2 rings (SSSR count). The van der Waals surface area contributed by atoms with Crippen molar-refractivity contribution >= 4 is 17.6 Å². The highest BCUT2D eigenvalue weighted by Gasteiger charge is 2.07. The number of carbonyl (C=O) groups is 1. The largest absolute Gasteiger partial charge is 0.457 e. The third-order valence-electron chi connectivity index (χ3n) is 2.25. The van der Waals surface area contributed by atoms with Gasteiger partial charge in [0.1, 0.15) is 6.61 Å². The molecule has 0 aliphatic heterocycles. The number of pyridine rings is 1. The lowest BCUT2D eigenvalue weighted by Crippen LogP contribution is -2.05. The summed E-state index contributed by atoms with van der Waals surface area (Å²) in [7, 11) is 0. The molecule has 0 spiro atoms. The summed E-state index contributed by atoms with van der Waals surface area (Å²) in [4.78, 5) is 15.0. The molecule has 1 aromatic heterocycles. The summed E-state index contributed by atoms with van der Waals surface area (Å²) in [6.07, 6.45) is 1.14. The van der Waals surface area contributed by atoms with E-state index in [4.69, 9.17) is 16.3 Å². The van der Waals surface area contributed by atoms with Crippen LogP contribution in [0.15, 0.2) is 42.6 Å². The van der Waals surface area contributed by atoms with Gasteiger partial charge in [-0.25, -0.2) is 9.78 Å². The van der Waals surface area contributed by atoms with E-state index in [2.05, 4.69) is 4.98 Å². The first-order valence-corrected chi connectivity index (χ1v) is 5.56. The van der Waals surface area contributed by atoms with Crippen molar-refractivity contribution in [3.05, 3.63) is 64.7 Å². The van der Waals surface area contributed by atoms with E-state index in [0.29, 0.717) is 5.02 Å². The van der Waals surface area contributed by atoms with Gasteiger partial charge < -0.3 is 4.74 Å². The zero-order valence-electron chi connectivity index (χ0n) is 9.27. The van der Waals surface area contributed by atoms with Crippen LogP contribution >= 0.6 is 11.6 Å². The molecule has 0 atom stereocenters. The molecular weight excluding hydrogens is 257 g/mol. The molecule has 0 radical (unpaired) electrons.